The monoisotopic (exact) mass is 284 g/mol. The van der Waals surface area contributed by atoms with E-state index in [9.17, 15) is 0 Å². The molecule has 2 N–H and O–H groups in total. The molecule has 0 aliphatic carbocycles. The van der Waals surface area contributed by atoms with Gasteiger partial charge in [0.15, 0.2) is 0 Å². The second kappa shape index (κ2) is 3.44. The highest BCUT2D eigenvalue weighted by molar-refractivity contribution is 14.1. The van der Waals surface area contributed by atoms with Crippen molar-refractivity contribution < 1.29 is 4.74 Å². The summed E-state index contributed by atoms with van der Waals surface area (Å²) >= 11 is 7.79. The molecule has 1 aromatic heterocycles. The number of aromatic nitrogens is 1. The lowest BCUT2D eigenvalue weighted by Gasteiger charge is -2.04. The van der Waals surface area contributed by atoms with Crippen LogP contribution in [-0.4, -0.2) is 12.1 Å². The molecule has 0 aromatic carbocycles. The van der Waals surface area contributed by atoms with Crippen LogP contribution in [0.2, 0.25) is 5.02 Å². The van der Waals surface area contributed by atoms with Gasteiger partial charge in [-0.1, -0.05) is 11.6 Å². The lowest BCUT2D eigenvalue weighted by molar-refractivity contribution is 0.399. The number of pyridine rings is 1. The molecule has 0 radical (unpaired) electrons. The average molecular weight is 284 g/mol. The van der Waals surface area contributed by atoms with E-state index in [0.29, 0.717) is 16.6 Å². The molecule has 0 spiro atoms. The maximum absolute atomic E-state index is 5.75. The van der Waals surface area contributed by atoms with E-state index in [-0.39, 0.29) is 0 Å². The Morgan fingerprint density at radius 2 is 2.36 bits per heavy atom. The van der Waals surface area contributed by atoms with Crippen LogP contribution in [-0.2, 0) is 0 Å². The Bertz CT molecular complexity index is 280. The first-order chi connectivity index (χ1) is 5.15. The fourth-order valence-corrected chi connectivity index (χ4v) is 1.53. The molecule has 1 heterocycles. The SMILES string of the molecule is COc1nc(I)cc(Cl)c1N. The topological polar surface area (TPSA) is 48.1 Å². The van der Waals surface area contributed by atoms with Crippen molar-refractivity contribution in [2.45, 2.75) is 0 Å². The van der Waals surface area contributed by atoms with Gasteiger partial charge in [-0.2, -0.15) is 0 Å². The minimum Gasteiger partial charge on any atom is -0.479 e. The number of ether oxygens (including phenoxy) is 1. The van der Waals surface area contributed by atoms with Gasteiger partial charge in [0.05, 0.1) is 12.1 Å². The Kier molecular flexibility index (Phi) is 2.78. The number of nitrogens with zero attached hydrogens (tertiary/aromatic N) is 1. The molecule has 0 amide bonds. The summed E-state index contributed by atoms with van der Waals surface area (Å²) in [5, 5.41) is 0.473. The van der Waals surface area contributed by atoms with Gasteiger partial charge in [0.25, 0.3) is 0 Å². The normalized spacial score (nSPS) is 9.73. The van der Waals surface area contributed by atoms with Gasteiger partial charge in [-0.25, -0.2) is 4.98 Å². The minimum absolute atomic E-state index is 0.377. The van der Waals surface area contributed by atoms with Crippen molar-refractivity contribution >= 4 is 39.9 Å². The van der Waals surface area contributed by atoms with Crippen LogP contribution >= 0.6 is 34.2 Å². The van der Waals surface area contributed by atoms with Crippen molar-refractivity contribution in [1.29, 1.82) is 0 Å². The number of hydrogen-bond donors (Lipinski definition) is 1. The highest BCUT2D eigenvalue weighted by Gasteiger charge is 2.06. The first-order valence-electron chi connectivity index (χ1n) is 2.80. The number of nitrogen functional groups attached to an aromatic ring is 1. The molecule has 0 aliphatic heterocycles. The smallest absolute Gasteiger partial charge is 0.239 e. The number of anilines is 1. The fourth-order valence-electron chi connectivity index (χ4n) is 0.630. The van der Waals surface area contributed by atoms with Crippen LogP contribution in [0.3, 0.4) is 0 Å². The number of rotatable bonds is 1. The van der Waals surface area contributed by atoms with Crippen LogP contribution in [0.15, 0.2) is 6.07 Å². The Morgan fingerprint density at radius 1 is 1.73 bits per heavy atom. The first kappa shape index (κ1) is 8.86. The molecule has 1 aromatic rings. The van der Waals surface area contributed by atoms with E-state index in [0.717, 1.165) is 3.70 Å². The zero-order valence-electron chi connectivity index (χ0n) is 5.77. The molecule has 0 saturated heterocycles. The molecule has 0 atom stereocenters. The van der Waals surface area contributed by atoms with Crippen molar-refractivity contribution in [3.05, 3.63) is 14.8 Å². The average Bonchev–Trinajstić information content (AvgIpc) is 1.96. The van der Waals surface area contributed by atoms with Crippen LogP contribution in [0.5, 0.6) is 5.88 Å². The summed E-state index contributed by atoms with van der Waals surface area (Å²) in [6.07, 6.45) is 0. The summed E-state index contributed by atoms with van der Waals surface area (Å²) < 4.78 is 5.64. The molecule has 1 rings (SSSR count). The minimum atomic E-state index is 0.377. The number of halogens is 2. The molecule has 0 unspecified atom stereocenters. The predicted octanol–water partition coefficient (Wildman–Crippen LogP) is 1.93. The Balaban J connectivity index is 3.24. The van der Waals surface area contributed by atoms with Crippen molar-refractivity contribution in [2.24, 2.45) is 0 Å². The molecular weight excluding hydrogens is 278 g/mol. The van der Waals surface area contributed by atoms with Gasteiger partial charge < -0.3 is 10.5 Å². The molecule has 3 nitrogen and oxygen atoms in total. The summed E-state index contributed by atoms with van der Waals surface area (Å²) in [5.74, 6) is 0.377. The second-order valence-electron chi connectivity index (χ2n) is 1.85. The summed E-state index contributed by atoms with van der Waals surface area (Å²) in [4.78, 5) is 4.01. The van der Waals surface area contributed by atoms with Gasteiger partial charge in [-0.3, -0.25) is 0 Å². The number of nitrogens with two attached hydrogens (primary N) is 1. The van der Waals surface area contributed by atoms with Crippen molar-refractivity contribution in [3.8, 4) is 5.88 Å². The van der Waals surface area contributed by atoms with E-state index in [2.05, 4.69) is 4.98 Å². The highest BCUT2D eigenvalue weighted by Crippen LogP contribution is 2.28. The molecule has 60 valence electrons. The van der Waals surface area contributed by atoms with E-state index in [1.807, 2.05) is 22.6 Å². The molecule has 0 aliphatic rings. The zero-order valence-corrected chi connectivity index (χ0v) is 8.68. The number of methoxy groups -OCH3 is 1. The van der Waals surface area contributed by atoms with Gasteiger partial charge in [0.1, 0.15) is 9.39 Å². The second-order valence-corrected chi connectivity index (χ2v) is 3.36. The van der Waals surface area contributed by atoms with Crippen molar-refractivity contribution in [2.75, 3.05) is 12.8 Å². The highest BCUT2D eigenvalue weighted by atomic mass is 127. The van der Waals surface area contributed by atoms with Gasteiger partial charge in [-0.05, 0) is 28.7 Å². The molecule has 0 fully saturated rings. The maximum atomic E-state index is 5.75. The van der Waals surface area contributed by atoms with E-state index in [1.54, 1.807) is 6.07 Å². The van der Waals surface area contributed by atoms with Crippen molar-refractivity contribution in [1.82, 2.24) is 4.98 Å². The van der Waals surface area contributed by atoms with Crippen LogP contribution in [0, 0.1) is 3.70 Å². The largest absolute Gasteiger partial charge is 0.479 e. The van der Waals surface area contributed by atoms with Gasteiger partial charge >= 0.3 is 0 Å². The van der Waals surface area contributed by atoms with Crippen molar-refractivity contribution in [3.63, 3.8) is 0 Å². The zero-order chi connectivity index (χ0) is 8.43. The van der Waals surface area contributed by atoms with Crippen LogP contribution in [0.4, 0.5) is 5.69 Å². The molecular formula is C6H6ClIN2O. The Hall–Kier alpha value is -0.230. The summed E-state index contributed by atoms with van der Waals surface area (Å²) in [6, 6.07) is 1.68. The lowest BCUT2D eigenvalue weighted by Crippen LogP contribution is -1.97. The van der Waals surface area contributed by atoms with E-state index in [1.165, 1.54) is 7.11 Å². The first-order valence-corrected chi connectivity index (χ1v) is 4.26. The molecule has 0 bridgehead atoms. The van der Waals surface area contributed by atoms with E-state index in [4.69, 9.17) is 22.1 Å². The summed E-state index contributed by atoms with van der Waals surface area (Å²) in [5.41, 5.74) is 5.92. The van der Waals surface area contributed by atoms with E-state index < -0.39 is 0 Å². The fraction of sp³-hybridized carbons (Fsp3) is 0.167. The molecule has 5 heteroatoms. The summed E-state index contributed by atoms with van der Waals surface area (Å²) in [7, 11) is 1.51. The van der Waals surface area contributed by atoms with Gasteiger partial charge in [0.2, 0.25) is 5.88 Å². The third-order valence-electron chi connectivity index (χ3n) is 1.14. The standard InChI is InChI=1S/C6H6ClIN2O/c1-11-6-5(9)3(7)2-4(8)10-6/h2H,9H2,1H3. The third kappa shape index (κ3) is 1.87. The molecule has 11 heavy (non-hydrogen) atoms. The van der Waals surface area contributed by atoms with Crippen LogP contribution in [0.1, 0.15) is 0 Å². The van der Waals surface area contributed by atoms with E-state index >= 15 is 0 Å². The summed E-state index contributed by atoms with van der Waals surface area (Å²) in [6.45, 7) is 0. The lowest BCUT2D eigenvalue weighted by atomic mass is 10.4. The van der Waals surface area contributed by atoms with Gasteiger partial charge in [0, 0.05) is 0 Å². The number of hydrogen-bond acceptors (Lipinski definition) is 3. The van der Waals surface area contributed by atoms with Crippen LogP contribution < -0.4 is 10.5 Å². The Morgan fingerprint density at radius 3 is 2.91 bits per heavy atom. The Labute approximate surface area is 83.0 Å². The quantitative estimate of drug-likeness (QED) is 0.633. The maximum Gasteiger partial charge on any atom is 0.239 e. The third-order valence-corrected chi connectivity index (χ3v) is 2.00. The van der Waals surface area contributed by atoms with Crippen LogP contribution in [0.25, 0.3) is 0 Å². The van der Waals surface area contributed by atoms with Gasteiger partial charge in [-0.15, -0.1) is 0 Å². The molecule has 0 saturated carbocycles. The predicted molar refractivity (Wildman–Crippen MR) is 52.9 cm³/mol.